The Hall–Kier alpha value is -3.46. The molecule has 36 heavy (non-hydrogen) atoms. The second kappa shape index (κ2) is 9.89. The summed E-state index contributed by atoms with van der Waals surface area (Å²) in [5.74, 6) is 0.131. The van der Waals surface area contributed by atoms with Gasteiger partial charge < -0.3 is 4.74 Å². The SMILES string of the molecule is Cc1cccn2c(=O)c(/C=C3/SC(=S)N(C(C)c4ccccc4)C3=O)c(Oc3ccccc3Cl)nc12. The summed E-state index contributed by atoms with van der Waals surface area (Å²) in [6.45, 7) is 3.78. The summed E-state index contributed by atoms with van der Waals surface area (Å²) in [7, 11) is 0. The zero-order valence-electron chi connectivity index (χ0n) is 19.3. The van der Waals surface area contributed by atoms with Crippen molar-refractivity contribution in [3.05, 3.63) is 110 Å². The molecule has 0 spiro atoms. The van der Waals surface area contributed by atoms with Crippen molar-refractivity contribution in [2.24, 2.45) is 0 Å². The first kappa shape index (κ1) is 24.2. The van der Waals surface area contributed by atoms with Crippen molar-refractivity contribution in [1.82, 2.24) is 14.3 Å². The van der Waals surface area contributed by atoms with E-state index >= 15 is 0 Å². The summed E-state index contributed by atoms with van der Waals surface area (Å²) in [5, 5.41) is 0.373. The molecule has 6 nitrogen and oxygen atoms in total. The normalized spacial score (nSPS) is 15.6. The van der Waals surface area contributed by atoms with Gasteiger partial charge in [0.2, 0.25) is 5.88 Å². The number of thiocarbonyl (C=S) groups is 1. The van der Waals surface area contributed by atoms with Gasteiger partial charge in [0.1, 0.15) is 21.3 Å². The van der Waals surface area contributed by atoms with Gasteiger partial charge in [-0.1, -0.05) is 84.1 Å². The van der Waals surface area contributed by atoms with Crippen LogP contribution in [0.1, 0.15) is 29.7 Å². The number of thioether (sulfide) groups is 1. The zero-order chi connectivity index (χ0) is 25.4. The van der Waals surface area contributed by atoms with Gasteiger partial charge >= 0.3 is 0 Å². The van der Waals surface area contributed by atoms with Crippen LogP contribution in [0.4, 0.5) is 0 Å². The summed E-state index contributed by atoms with van der Waals surface area (Å²) >= 11 is 13.0. The molecule has 0 radical (unpaired) electrons. The topological polar surface area (TPSA) is 63.9 Å². The summed E-state index contributed by atoms with van der Waals surface area (Å²) < 4.78 is 7.89. The monoisotopic (exact) mass is 533 g/mol. The Morgan fingerprint density at radius 2 is 1.78 bits per heavy atom. The molecule has 1 amide bonds. The number of ether oxygens (including phenoxy) is 1. The molecule has 1 unspecified atom stereocenters. The van der Waals surface area contributed by atoms with Crippen LogP contribution >= 0.6 is 35.6 Å². The Labute approximate surface area is 222 Å². The standard InChI is InChI=1S/C27H20ClN3O3S2/c1-16-9-8-14-30-23(16)29-24(34-21-13-7-6-12-20(21)28)19(25(30)32)15-22-26(33)31(27(35)36-22)17(2)18-10-4-3-5-11-18/h3-15,17H,1-2H3/b22-15+. The van der Waals surface area contributed by atoms with E-state index < -0.39 is 0 Å². The molecule has 1 aliphatic rings. The molecule has 3 heterocycles. The van der Waals surface area contributed by atoms with Gasteiger partial charge in [0.25, 0.3) is 11.5 Å². The number of halogens is 1. The van der Waals surface area contributed by atoms with E-state index in [2.05, 4.69) is 4.98 Å². The third-order valence-corrected chi connectivity index (χ3v) is 7.50. The van der Waals surface area contributed by atoms with Crippen molar-refractivity contribution in [2.45, 2.75) is 19.9 Å². The quantitative estimate of drug-likeness (QED) is 0.218. The largest absolute Gasteiger partial charge is 0.437 e. The van der Waals surface area contributed by atoms with Crippen LogP contribution in [0.25, 0.3) is 11.7 Å². The predicted molar refractivity (Wildman–Crippen MR) is 148 cm³/mol. The summed E-state index contributed by atoms with van der Waals surface area (Å²) in [4.78, 5) is 33.5. The average molecular weight is 534 g/mol. The second-order valence-electron chi connectivity index (χ2n) is 8.19. The number of hydrogen-bond acceptors (Lipinski definition) is 6. The summed E-state index contributed by atoms with van der Waals surface area (Å²) in [6.07, 6.45) is 3.14. The predicted octanol–water partition coefficient (Wildman–Crippen LogP) is 6.41. The Morgan fingerprint density at radius 1 is 1.06 bits per heavy atom. The van der Waals surface area contributed by atoms with E-state index in [-0.39, 0.29) is 29.0 Å². The van der Waals surface area contributed by atoms with Gasteiger partial charge in [-0.2, -0.15) is 4.98 Å². The van der Waals surface area contributed by atoms with Crippen LogP contribution in [0, 0.1) is 6.92 Å². The lowest BCUT2D eigenvalue weighted by Crippen LogP contribution is -2.31. The van der Waals surface area contributed by atoms with E-state index in [4.69, 9.17) is 28.6 Å². The Bertz CT molecular complexity index is 1600. The highest BCUT2D eigenvalue weighted by molar-refractivity contribution is 8.26. The first-order valence-electron chi connectivity index (χ1n) is 11.1. The second-order valence-corrected chi connectivity index (χ2v) is 10.3. The molecule has 1 saturated heterocycles. The van der Waals surface area contributed by atoms with E-state index in [1.807, 2.05) is 50.2 Å². The molecule has 1 aliphatic heterocycles. The third kappa shape index (κ3) is 4.43. The fraction of sp³-hybridized carbons (Fsp3) is 0.111. The molecule has 180 valence electrons. The van der Waals surface area contributed by atoms with Crippen molar-refractivity contribution in [3.63, 3.8) is 0 Å². The van der Waals surface area contributed by atoms with Crippen LogP contribution in [0.2, 0.25) is 5.02 Å². The number of benzene rings is 2. The summed E-state index contributed by atoms with van der Waals surface area (Å²) in [6, 6.07) is 19.9. The van der Waals surface area contributed by atoms with Gasteiger partial charge in [-0.15, -0.1) is 0 Å². The van der Waals surface area contributed by atoms with Gasteiger partial charge in [-0.05, 0) is 49.2 Å². The maximum atomic E-state index is 13.6. The van der Waals surface area contributed by atoms with E-state index in [9.17, 15) is 9.59 Å². The molecule has 0 aliphatic carbocycles. The number of aryl methyl sites for hydroxylation is 1. The van der Waals surface area contributed by atoms with Gasteiger partial charge in [-0.3, -0.25) is 18.9 Å². The number of rotatable bonds is 5. The Balaban J connectivity index is 1.62. The Kier molecular flexibility index (Phi) is 6.66. The van der Waals surface area contributed by atoms with Crippen LogP contribution in [0.15, 0.2) is 82.6 Å². The van der Waals surface area contributed by atoms with Crippen LogP contribution in [-0.2, 0) is 4.79 Å². The van der Waals surface area contributed by atoms with E-state index in [1.54, 1.807) is 41.4 Å². The molecule has 9 heteroatoms. The molecule has 5 rings (SSSR count). The third-order valence-electron chi connectivity index (χ3n) is 5.86. The lowest BCUT2D eigenvalue weighted by molar-refractivity contribution is -0.123. The fourth-order valence-electron chi connectivity index (χ4n) is 3.95. The molecule has 0 saturated carbocycles. The van der Waals surface area contributed by atoms with Crippen LogP contribution < -0.4 is 10.3 Å². The van der Waals surface area contributed by atoms with Crippen molar-refractivity contribution in [1.29, 1.82) is 0 Å². The number of para-hydroxylation sites is 1. The summed E-state index contributed by atoms with van der Waals surface area (Å²) in [5.41, 5.74) is 1.97. The lowest BCUT2D eigenvalue weighted by Gasteiger charge is -2.23. The van der Waals surface area contributed by atoms with E-state index in [1.165, 1.54) is 10.5 Å². The molecule has 1 atom stereocenters. The maximum absolute atomic E-state index is 13.6. The van der Waals surface area contributed by atoms with Crippen LogP contribution in [0.3, 0.4) is 0 Å². The number of carbonyl (C=O) groups is 1. The number of pyridine rings is 1. The average Bonchev–Trinajstić information content (AvgIpc) is 3.16. The van der Waals surface area contributed by atoms with Crippen molar-refractivity contribution in [3.8, 4) is 11.6 Å². The van der Waals surface area contributed by atoms with Crippen molar-refractivity contribution in [2.75, 3.05) is 0 Å². The number of amides is 1. The minimum Gasteiger partial charge on any atom is -0.437 e. The van der Waals surface area contributed by atoms with Gasteiger partial charge in [-0.25, -0.2) is 0 Å². The van der Waals surface area contributed by atoms with Crippen LogP contribution in [-0.4, -0.2) is 24.5 Å². The highest BCUT2D eigenvalue weighted by Crippen LogP contribution is 2.39. The number of aromatic nitrogens is 2. The molecule has 4 aromatic rings. The molecule has 2 aromatic heterocycles. The van der Waals surface area contributed by atoms with Gasteiger partial charge in [0, 0.05) is 6.20 Å². The molecule has 2 aromatic carbocycles. The maximum Gasteiger partial charge on any atom is 0.269 e. The Morgan fingerprint density at radius 3 is 2.53 bits per heavy atom. The van der Waals surface area contributed by atoms with Crippen molar-refractivity contribution < 1.29 is 9.53 Å². The molecular weight excluding hydrogens is 514 g/mol. The smallest absolute Gasteiger partial charge is 0.269 e. The number of carbonyl (C=O) groups excluding carboxylic acids is 1. The number of nitrogens with zero attached hydrogens (tertiary/aromatic N) is 3. The number of hydrogen-bond donors (Lipinski definition) is 0. The first-order valence-corrected chi connectivity index (χ1v) is 12.7. The molecular formula is C27H20ClN3O3S2. The van der Waals surface area contributed by atoms with Gasteiger partial charge in [0.05, 0.1) is 16.0 Å². The number of fused-ring (bicyclic) bond motifs is 1. The van der Waals surface area contributed by atoms with Gasteiger partial charge in [0.15, 0.2) is 0 Å². The molecule has 1 fully saturated rings. The van der Waals surface area contributed by atoms with E-state index in [0.29, 0.717) is 25.6 Å². The van der Waals surface area contributed by atoms with Crippen LogP contribution in [0.5, 0.6) is 11.6 Å². The molecule has 0 bridgehead atoms. The minimum absolute atomic E-state index is 0.0591. The van der Waals surface area contributed by atoms with E-state index in [0.717, 1.165) is 22.9 Å². The fourth-order valence-corrected chi connectivity index (χ4v) is 5.53. The molecule has 0 N–H and O–H groups in total. The first-order chi connectivity index (χ1) is 17.3. The lowest BCUT2D eigenvalue weighted by atomic mass is 10.1. The zero-order valence-corrected chi connectivity index (χ0v) is 21.7. The highest BCUT2D eigenvalue weighted by Gasteiger charge is 2.36. The highest BCUT2D eigenvalue weighted by atomic mass is 35.5. The van der Waals surface area contributed by atoms with Crippen molar-refractivity contribution >= 4 is 57.5 Å². The minimum atomic E-state index is -0.368.